The minimum absolute atomic E-state index is 0. The largest absolute Gasteiger partial charge is 0.395 e. The molecule has 0 saturated heterocycles. The highest BCUT2D eigenvalue weighted by Gasteiger charge is 2.23. The van der Waals surface area contributed by atoms with E-state index < -0.39 is 0 Å². The summed E-state index contributed by atoms with van der Waals surface area (Å²) in [7, 11) is 0. The molecule has 6 heteroatoms. The van der Waals surface area contributed by atoms with Gasteiger partial charge in [0, 0.05) is 25.7 Å². The van der Waals surface area contributed by atoms with Gasteiger partial charge in [0.1, 0.15) is 0 Å². The number of halogens is 1. The average molecular weight is 238 g/mol. The first-order valence-electron chi connectivity index (χ1n) is 5.09. The second-order valence-electron chi connectivity index (χ2n) is 3.63. The van der Waals surface area contributed by atoms with E-state index in [4.69, 9.17) is 10.8 Å². The van der Waals surface area contributed by atoms with Crippen LogP contribution in [-0.2, 0) is 4.79 Å². The van der Waals surface area contributed by atoms with Crippen LogP contribution >= 0.6 is 12.4 Å². The number of nitrogens with one attached hydrogen (secondary N) is 1. The fourth-order valence-electron chi connectivity index (χ4n) is 1.30. The molecule has 1 amide bonds. The van der Waals surface area contributed by atoms with Crippen molar-refractivity contribution >= 4 is 18.3 Å². The lowest BCUT2D eigenvalue weighted by molar-refractivity contribution is -0.122. The first-order chi connectivity index (χ1) is 6.76. The lowest BCUT2D eigenvalue weighted by Gasteiger charge is -2.19. The standard InChI is InChI=1S/C9H19N3O2.ClH/c10-3-4-12(5-6-13)7-9(14)11-8-1-2-8;/h8,13H,1-7,10H2,(H,11,14);1H. The maximum atomic E-state index is 11.4. The molecule has 0 aromatic rings. The van der Waals surface area contributed by atoms with Gasteiger partial charge in [-0.25, -0.2) is 0 Å². The highest BCUT2D eigenvalue weighted by atomic mass is 35.5. The van der Waals surface area contributed by atoms with E-state index in [-0.39, 0.29) is 24.9 Å². The number of rotatable bonds is 7. The number of aliphatic hydroxyl groups is 1. The molecule has 1 aliphatic rings. The average Bonchev–Trinajstić information content (AvgIpc) is 2.89. The van der Waals surface area contributed by atoms with Crippen LogP contribution in [0.15, 0.2) is 0 Å². The molecule has 5 nitrogen and oxygen atoms in total. The Labute approximate surface area is 96.4 Å². The van der Waals surface area contributed by atoms with Gasteiger partial charge in [0.05, 0.1) is 13.2 Å². The number of carbonyl (C=O) groups is 1. The third-order valence-corrected chi connectivity index (χ3v) is 2.17. The van der Waals surface area contributed by atoms with Crippen molar-refractivity contribution in [1.82, 2.24) is 10.2 Å². The number of carbonyl (C=O) groups excluding carboxylic acids is 1. The van der Waals surface area contributed by atoms with Gasteiger partial charge >= 0.3 is 0 Å². The van der Waals surface area contributed by atoms with Crippen LogP contribution in [0.1, 0.15) is 12.8 Å². The van der Waals surface area contributed by atoms with Crippen LogP contribution in [-0.4, -0.2) is 54.7 Å². The maximum Gasteiger partial charge on any atom is 0.234 e. The Morgan fingerprint density at radius 2 is 2.13 bits per heavy atom. The van der Waals surface area contributed by atoms with E-state index in [1.165, 1.54) is 0 Å². The molecule has 0 aliphatic heterocycles. The Bertz CT molecular complexity index is 182. The van der Waals surface area contributed by atoms with Crippen molar-refractivity contribution in [3.8, 4) is 0 Å². The van der Waals surface area contributed by atoms with E-state index in [0.29, 0.717) is 32.2 Å². The minimum Gasteiger partial charge on any atom is -0.395 e. The van der Waals surface area contributed by atoms with Crippen LogP contribution < -0.4 is 11.1 Å². The number of aliphatic hydroxyl groups excluding tert-OH is 1. The van der Waals surface area contributed by atoms with Gasteiger partial charge in [0.15, 0.2) is 0 Å². The van der Waals surface area contributed by atoms with Gasteiger partial charge in [-0.1, -0.05) is 0 Å². The molecule has 0 radical (unpaired) electrons. The molecule has 1 rings (SSSR count). The molecular formula is C9H20ClN3O2. The summed E-state index contributed by atoms with van der Waals surface area (Å²) in [6.07, 6.45) is 2.20. The van der Waals surface area contributed by atoms with Gasteiger partial charge in [-0.3, -0.25) is 9.69 Å². The quantitative estimate of drug-likeness (QED) is 0.528. The van der Waals surface area contributed by atoms with Gasteiger partial charge in [-0.15, -0.1) is 12.4 Å². The van der Waals surface area contributed by atoms with Gasteiger partial charge < -0.3 is 16.2 Å². The summed E-state index contributed by atoms with van der Waals surface area (Å²) in [5.74, 6) is 0.0365. The van der Waals surface area contributed by atoms with Crippen LogP contribution in [0.4, 0.5) is 0 Å². The van der Waals surface area contributed by atoms with Gasteiger partial charge in [-0.05, 0) is 12.8 Å². The predicted molar refractivity (Wildman–Crippen MR) is 61.0 cm³/mol. The first-order valence-corrected chi connectivity index (χ1v) is 5.09. The minimum atomic E-state index is 0. The molecular weight excluding hydrogens is 218 g/mol. The molecule has 4 N–H and O–H groups in total. The summed E-state index contributed by atoms with van der Waals surface area (Å²) in [5, 5.41) is 11.7. The third-order valence-electron chi connectivity index (χ3n) is 2.17. The zero-order valence-electron chi connectivity index (χ0n) is 8.82. The van der Waals surface area contributed by atoms with Gasteiger partial charge in [-0.2, -0.15) is 0 Å². The van der Waals surface area contributed by atoms with E-state index in [1.807, 2.05) is 4.90 Å². The highest BCUT2D eigenvalue weighted by molar-refractivity contribution is 5.85. The second-order valence-corrected chi connectivity index (χ2v) is 3.63. The first kappa shape index (κ1) is 14.6. The van der Waals surface area contributed by atoms with Crippen molar-refractivity contribution in [3.63, 3.8) is 0 Å². The van der Waals surface area contributed by atoms with Crippen LogP contribution in [0.3, 0.4) is 0 Å². The molecule has 0 unspecified atom stereocenters. The Balaban J connectivity index is 0.00000196. The molecule has 0 spiro atoms. The van der Waals surface area contributed by atoms with E-state index in [0.717, 1.165) is 12.8 Å². The molecule has 0 bridgehead atoms. The van der Waals surface area contributed by atoms with Crippen molar-refractivity contribution < 1.29 is 9.90 Å². The molecule has 1 aliphatic carbocycles. The fourth-order valence-corrected chi connectivity index (χ4v) is 1.30. The van der Waals surface area contributed by atoms with Crippen molar-refractivity contribution in [2.75, 3.05) is 32.8 Å². The monoisotopic (exact) mass is 237 g/mol. The predicted octanol–water partition coefficient (Wildman–Crippen LogP) is -1.06. The zero-order chi connectivity index (χ0) is 10.4. The fraction of sp³-hybridized carbons (Fsp3) is 0.889. The van der Waals surface area contributed by atoms with E-state index in [2.05, 4.69) is 5.32 Å². The number of hydrogen-bond acceptors (Lipinski definition) is 4. The summed E-state index contributed by atoms with van der Waals surface area (Å²) >= 11 is 0. The Kier molecular flexibility index (Phi) is 7.68. The van der Waals surface area contributed by atoms with Crippen LogP contribution in [0.25, 0.3) is 0 Å². The molecule has 1 saturated carbocycles. The molecule has 15 heavy (non-hydrogen) atoms. The molecule has 0 atom stereocenters. The Hall–Kier alpha value is -0.360. The Morgan fingerprint density at radius 3 is 2.60 bits per heavy atom. The highest BCUT2D eigenvalue weighted by Crippen LogP contribution is 2.18. The smallest absolute Gasteiger partial charge is 0.234 e. The third kappa shape index (κ3) is 6.67. The molecule has 0 aromatic carbocycles. The lowest BCUT2D eigenvalue weighted by Crippen LogP contribution is -2.41. The summed E-state index contributed by atoms with van der Waals surface area (Å²) in [5.41, 5.74) is 5.39. The lowest BCUT2D eigenvalue weighted by atomic mass is 10.4. The van der Waals surface area contributed by atoms with Crippen LogP contribution in [0, 0.1) is 0 Å². The van der Waals surface area contributed by atoms with Crippen molar-refractivity contribution in [1.29, 1.82) is 0 Å². The van der Waals surface area contributed by atoms with E-state index in [1.54, 1.807) is 0 Å². The number of nitrogens with two attached hydrogens (primary N) is 1. The summed E-state index contributed by atoms with van der Waals surface area (Å²) in [6, 6.07) is 0.399. The van der Waals surface area contributed by atoms with Crippen molar-refractivity contribution in [3.05, 3.63) is 0 Å². The molecule has 0 heterocycles. The molecule has 1 fully saturated rings. The van der Waals surface area contributed by atoms with Crippen molar-refractivity contribution in [2.45, 2.75) is 18.9 Å². The normalized spacial score (nSPS) is 14.9. The number of amides is 1. The van der Waals surface area contributed by atoms with Crippen LogP contribution in [0.2, 0.25) is 0 Å². The van der Waals surface area contributed by atoms with Gasteiger partial charge in [0.25, 0.3) is 0 Å². The molecule has 0 aromatic heterocycles. The maximum absolute atomic E-state index is 11.4. The second kappa shape index (κ2) is 7.87. The van der Waals surface area contributed by atoms with Gasteiger partial charge in [0.2, 0.25) is 5.91 Å². The van der Waals surface area contributed by atoms with E-state index in [9.17, 15) is 4.79 Å². The topological polar surface area (TPSA) is 78.6 Å². The molecule has 90 valence electrons. The number of hydrogen-bond donors (Lipinski definition) is 3. The zero-order valence-corrected chi connectivity index (χ0v) is 9.63. The Morgan fingerprint density at radius 1 is 1.47 bits per heavy atom. The summed E-state index contributed by atoms with van der Waals surface area (Å²) in [4.78, 5) is 13.2. The summed E-state index contributed by atoms with van der Waals surface area (Å²) in [6.45, 7) is 2.08. The van der Waals surface area contributed by atoms with Crippen molar-refractivity contribution in [2.24, 2.45) is 5.73 Å². The summed E-state index contributed by atoms with van der Waals surface area (Å²) < 4.78 is 0. The number of nitrogens with zero attached hydrogens (tertiary/aromatic N) is 1. The SMILES string of the molecule is Cl.NCCN(CCO)CC(=O)NC1CC1. The van der Waals surface area contributed by atoms with E-state index >= 15 is 0 Å². The van der Waals surface area contributed by atoms with Crippen LogP contribution in [0.5, 0.6) is 0 Å².